The number of fused-ring (bicyclic) bond motifs is 2. The molecule has 3 rings (SSSR count). The lowest BCUT2D eigenvalue weighted by atomic mass is 9.79. The van der Waals surface area contributed by atoms with Crippen LogP contribution < -0.4 is 15.2 Å². The van der Waals surface area contributed by atoms with Gasteiger partial charge in [0.2, 0.25) is 0 Å². The van der Waals surface area contributed by atoms with E-state index in [0.29, 0.717) is 28.9 Å². The van der Waals surface area contributed by atoms with E-state index in [4.69, 9.17) is 15.2 Å². The van der Waals surface area contributed by atoms with E-state index in [9.17, 15) is 4.79 Å². The van der Waals surface area contributed by atoms with E-state index in [1.54, 1.807) is 26.4 Å². The molecule has 0 radical (unpaired) electrons. The summed E-state index contributed by atoms with van der Waals surface area (Å²) in [5, 5.41) is 0. The second-order valence-corrected chi connectivity index (χ2v) is 5.84. The first-order valence-corrected chi connectivity index (χ1v) is 7.18. The number of ether oxygens (including phenoxy) is 2. The molecule has 108 valence electrons. The van der Waals surface area contributed by atoms with Gasteiger partial charge in [-0.1, -0.05) is 6.07 Å². The first-order valence-electron chi connectivity index (χ1n) is 7.18. The molecule has 20 heavy (non-hydrogen) atoms. The Balaban J connectivity index is 1.98. The number of methoxy groups -OCH3 is 2. The Hall–Kier alpha value is -1.55. The first kappa shape index (κ1) is 13.4. The summed E-state index contributed by atoms with van der Waals surface area (Å²) in [5.74, 6) is 2.08. The van der Waals surface area contributed by atoms with E-state index in [-0.39, 0.29) is 17.7 Å². The Bertz CT molecular complexity index is 504. The number of ketones is 1. The predicted octanol–water partition coefficient (Wildman–Crippen LogP) is 2.26. The highest BCUT2D eigenvalue weighted by Gasteiger charge is 2.49. The molecule has 1 aromatic carbocycles. The molecular formula is C16H21NO3. The molecule has 0 aliphatic heterocycles. The van der Waals surface area contributed by atoms with Crippen molar-refractivity contribution in [3.05, 3.63) is 23.8 Å². The lowest BCUT2D eigenvalue weighted by Gasteiger charge is -2.27. The van der Waals surface area contributed by atoms with Crippen LogP contribution in [0.3, 0.4) is 0 Å². The van der Waals surface area contributed by atoms with Crippen molar-refractivity contribution in [3.8, 4) is 11.5 Å². The number of rotatable bonds is 4. The van der Waals surface area contributed by atoms with Crippen molar-refractivity contribution in [2.45, 2.75) is 25.3 Å². The number of carbonyl (C=O) groups is 1. The van der Waals surface area contributed by atoms with Crippen LogP contribution in [0.5, 0.6) is 11.5 Å². The molecular weight excluding hydrogens is 254 g/mol. The van der Waals surface area contributed by atoms with Crippen molar-refractivity contribution < 1.29 is 14.3 Å². The molecule has 0 saturated heterocycles. The van der Waals surface area contributed by atoms with E-state index < -0.39 is 0 Å². The van der Waals surface area contributed by atoms with Crippen molar-refractivity contribution in [3.63, 3.8) is 0 Å². The van der Waals surface area contributed by atoms with Gasteiger partial charge in [-0.2, -0.15) is 0 Å². The van der Waals surface area contributed by atoms with Gasteiger partial charge in [0.15, 0.2) is 5.78 Å². The summed E-state index contributed by atoms with van der Waals surface area (Å²) in [6.45, 7) is 0. The first-order chi connectivity index (χ1) is 9.67. The fraction of sp³-hybridized carbons (Fsp3) is 0.562. The van der Waals surface area contributed by atoms with Gasteiger partial charge in [0.1, 0.15) is 17.1 Å². The van der Waals surface area contributed by atoms with Crippen LogP contribution >= 0.6 is 0 Å². The Morgan fingerprint density at radius 3 is 2.25 bits per heavy atom. The summed E-state index contributed by atoms with van der Waals surface area (Å²) in [6, 6.07) is 5.41. The van der Waals surface area contributed by atoms with Crippen molar-refractivity contribution in [1.29, 1.82) is 0 Å². The van der Waals surface area contributed by atoms with Gasteiger partial charge in [-0.25, -0.2) is 0 Å². The van der Waals surface area contributed by atoms with Crippen LogP contribution in [0.2, 0.25) is 0 Å². The molecule has 2 aliphatic carbocycles. The third-order valence-electron chi connectivity index (χ3n) is 4.96. The maximum Gasteiger partial charge on any atom is 0.175 e. The lowest BCUT2D eigenvalue weighted by Crippen LogP contribution is -2.40. The normalized spacial score (nSPS) is 31.4. The van der Waals surface area contributed by atoms with Gasteiger partial charge in [-0.15, -0.1) is 0 Å². The van der Waals surface area contributed by atoms with E-state index in [1.165, 1.54) is 6.42 Å². The standard InChI is InChI=1S/C16H21NO3/c1-19-11-4-3-5-12(20-2)14(11)16(18)13-9-6-7-10(8-9)15(13)17/h3-5,9-10,13,15H,6-8,17H2,1-2H3. The topological polar surface area (TPSA) is 61.5 Å². The average Bonchev–Trinajstić information content (AvgIpc) is 3.06. The Labute approximate surface area is 119 Å². The molecule has 2 saturated carbocycles. The summed E-state index contributed by atoms with van der Waals surface area (Å²) in [6.07, 6.45) is 3.37. The summed E-state index contributed by atoms with van der Waals surface area (Å²) in [4.78, 5) is 13.0. The molecule has 0 heterocycles. The number of hydrogen-bond donors (Lipinski definition) is 1. The van der Waals surface area contributed by atoms with Gasteiger partial charge in [-0.3, -0.25) is 4.79 Å². The smallest absolute Gasteiger partial charge is 0.175 e. The molecule has 2 aliphatic rings. The quantitative estimate of drug-likeness (QED) is 0.856. The average molecular weight is 275 g/mol. The third-order valence-corrected chi connectivity index (χ3v) is 4.96. The number of carbonyl (C=O) groups excluding carboxylic acids is 1. The monoisotopic (exact) mass is 275 g/mol. The zero-order valence-electron chi connectivity index (χ0n) is 12.0. The molecule has 1 aromatic rings. The highest BCUT2D eigenvalue weighted by molar-refractivity contribution is 6.03. The highest BCUT2D eigenvalue weighted by atomic mass is 16.5. The lowest BCUT2D eigenvalue weighted by molar-refractivity contribution is 0.0849. The fourth-order valence-electron chi connectivity index (χ4n) is 3.99. The molecule has 4 unspecified atom stereocenters. The summed E-state index contributed by atoms with van der Waals surface area (Å²) >= 11 is 0. The minimum Gasteiger partial charge on any atom is -0.496 e. The van der Waals surface area contributed by atoms with Crippen LogP contribution in [0.4, 0.5) is 0 Å². The number of benzene rings is 1. The van der Waals surface area contributed by atoms with Crippen LogP contribution in [0, 0.1) is 17.8 Å². The van der Waals surface area contributed by atoms with Gasteiger partial charge >= 0.3 is 0 Å². The second kappa shape index (κ2) is 5.09. The van der Waals surface area contributed by atoms with E-state index in [0.717, 1.165) is 12.8 Å². The second-order valence-electron chi connectivity index (χ2n) is 5.84. The van der Waals surface area contributed by atoms with Crippen LogP contribution in [0.15, 0.2) is 18.2 Å². The van der Waals surface area contributed by atoms with Gasteiger partial charge in [-0.05, 0) is 43.2 Å². The van der Waals surface area contributed by atoms with E-state index in [2.05, 4.69) is 0 Å². The molecule has 2 fully saturated rings. The zero-order valence-corrected chi connectivity index (χ0v) is 12.0. The minimum atomic E-state index is -0.0843. The SMILES string of the molecule is COc1cccc(OC)c1C(=O)C1C2CCC(C2)C1N. The maximum atomic E-state index is 13.0. The largest absolute Gasteiger partial charge is 0.496 e. The van der Waals surface area contributed by atoms with Crippen LogP contribution in [-0.4, -0.2) is 26.0 Å². The van der Waals surface area contributed by atoms with Crippen LogP contribution in [0.1, 0.15) is 29.6 Å². The van der Waals surface area contributed by atoms with Crippen LogP contribution in [0.25, 0.3) is 0 Å². The molecule has 2 N–H and O–H groups in total. The molecule has 0 aromatic heterocycles. The van der Waals surface area contributed by atoms with Crippen molar-refractivity contribution in [1.82, 2.24) is 0 Å². The number of hydrogen-bond acceptors (Lipinski definition) is 4. The van der Waals surface area contributed by atoms with Crippen molar-refractivity contribution >= 4 is 5.78 Å². The van der Waals surface area contributed by atoms with Gasteiger partial charge in [0.25, 0.3) is 0 Å². The molecule has 0 amide bonds. The molecule has 2 bridgehead atoms. The molecule has 4 nitrogen and oxygen atoms in total. The Kier molecular flexibility index (Phi) is 3.42. The summed E-state index contributed by atoms with van der Waals surface area (Å²) in [5.41, 5.74) is 6.83. The summed E-state index contributed by atoms with van der Waals surface area (Å²) < 4.78 is 10.7. The maximum absolute atomic E-state index is 13.0. The van der Waals surface area contributed by atoms with Crippen LogP contribution in [-0.2, 0) is 0 Å². The Morgan fingerprint density at radius 2 is 1.75 bits per heavy atom. The van der Waals surface area contributed by atoms with Crippen molar-refractivity contribution in [2.75, 3.05) is 14.2 Å². The van der Waals surface area contributed by atoms with E-state index >= 15 is 0 Å². The number of nitrogens with two attached hydrogens (primary N) is 1. The fourth-order valence-corrected chi connectivity index (χ4v) is 3.99. The Morgan fingerprint density at radius 1 is 1.15 bits per heavy atom. The van der Waals surface area contributed by atoms with E-state index in [1.807, 2.05) is 6.07 Å². The zero-order chi connectivity index (χ0) is 14.3. The molecule has 0 spiro atoms. The summed E-state index contributed by atoms with van der Waals surface area (Å²) in [7, 11) is 3.15. The minimum absolute atomic E-state index is 0.0177. The molecule has 4 atom stereocenters. The van der Waals surface area contributed by atoms with Gasteiger partial charge in [0.05, 0.1) is 14.2 Å². The molecule has 4 heteroatoms. The predicted molar refractivity (Wildman–Crippen MR) is 76.2 cm³/mol. The highest BCUT2D eigenvalue weighted by Crippen LogP contribution is 2.49. The van der Waals surface area contributed by atoms with Gasteiger partial charge < -0.3 is 15.2 Å². The van der Waals surface area contributed by atoms with Gasteiger partial charge in [0, 0.05) is 12.0 Å². The van der Waals surface area contributed by atoms with Crippen molar-refractivity contribution in [2.24, 2.45) is 23.5 Å². The third kappa shape index (κ3) is 1.90. The number of Topliss-reactive ketones (excluding diaryl/α,β-unsaturated/α-hetero) is 1.